The summed E-state index contributed by atoms with van der Waals surface area (Å²) >= 11 is 5.21. The molecule has 0 saturated carbocycles. The van der Waals surface area contributed by atoms with Crippen molar-refractivity contribution < 1.29 is 9.53 Å². The van der Waals surface area contributed by atoms with E-state index in [0.29, 0.717) is 0 Å². The second-order valence-electron chi connectivity index (χ2n) is 4.99. The summed E-state index contributed by atoms with van der Waals surface area (Å²) in [5.74, 6) is -0.146. The second kappa shape index (κ2) is 5.13. The number of hydrogen-bond acceptors (Lipinski definition) is 3. The van der Waals surface area contributed by atoms with Crippen LogP contribution in [0.25, 0.3) is 0 Å². The average Bonchev–Trinajstić information content (AvgIpc) is 2.60. The van der Waals surface area contributed by atoms with E-state index < -0.39 is 5.60 Å². The first-order chi connectivity index (χ1) is 8.97. The van der Waals surface area contributed by atoms with Crippen molar-refractivity contribution in [1.29, 1.82) is 0 Å². The largest absolute Gasteiger partial charge is 0.462 e. The van der Waals surface area contributed by atoms with Gasteiger partial charge in [-0.2, -0.15) is 0 Å². The van der Waals surface area contributed by atoms with E-state index in [9.17, 15) is 4.79 Å². The Morgan fingerprint density at radius 1 is 1.37 bits per heavy atom. The van der Waals surface area contributed by atoms with Gasteiger partial charge in [-0.15, -0.1) is 0 Å². The minimum atomic E-state index is -0.532. The molecule has 0 radical (unpaired) electrons. The van der Waals surface area contributed by atoms with E-state index in [1.165, 1.54) is 6.08 Å². The molecule has 1 aliphatic heterocycles. The number of allylic oxidation sites excluding steroid dienone is 1. The Balaban J connectivity index is 2.46. The number of benzene rings is 1. The Labute approximate surface area is 118 Å². The van der Waals surface area contributed by atoms with Gasteiger partial charge in [0.1, 0.15) is 11.6 Å². The topological polar surface area (TPSA) is 29.5 Å². The smallest absolute Gasteiger partial charge is 0.267 e. The van der Waals surface area contributed by atoms with Gasteiger partial charge in [0.25, 0.3) is 11.1 Å². The fourth-order valence-electron chi connectivity index (χ4n) is 2.37. The molecular formula is C15H17NO2S. The molecule has 1 saturated heterocycles. The lowest BCUT2D eigenvalue weighted by Gasteiger charge is -2.28. The van der Waals surface area contributed by atoms with Crippen LogP contribution in [0.5, 0.6) is 0 Å². The maximum atomic E-state index is 12.2. The molecule has 19 heavy (non-hydrogen) atoms. The van der Waals surface area contributed by atoms with Crippen LogP contribution in [0.1, 0.15) is 32.4 Å². The first-order valence-electron chi connectivity index (χ1n) is 6.21. The SMILES string of the molecule is C/C=C/C(=O)N1C(=S)OC(C)(C)[C@H]1c1ccccc1. The molecule has 1 aliphatic rings. The molecule has 4 heteroatoms. The van der Waals surface area contributed by atoms with E-state index >= 15 is 0 Å². The Hall–Kier alpha value is -1.68. The highest BCUT2D eigenvalue weighted by Gasteiger charge is 2.48. The van der Waals surface area contributed by atoms with Crippen molar-refractivity contribution in [3.63, 3.8) is 0 Å². The zero-order chi connectivity index (χ0) is 14.0. The molecule has 0 spiro atoms. The molecule has 0 aromatic heterocycles. The molecule has 1 amide bonds. The van der Waals surface area contributed by atoms with Crippen LogP contribution in [0, 0.1) is 0 Å². The summed E-state index contributed by atoms with van der Waals surface area (Å²) in [6.07, 6.45) is 3.21. The molecule has 1 aromatic carbocycles. The Morgan fingerprint density at radius 3 is 2.58 bits per heavy atom. The zero-order valence-electron chi connectivity index (χ0n) is 11.3. The molecule has 1 fully saturated rings. The van der Waals surface area contributed by atoms with Gasteiger partial charge in [-0.3, -0.25) is 9.69 Å². The van der Waals surface area contributed by atoms with Crippen molar-refractivity contribution in [2.75, 3.05) is 0 Å². The highest BCUT2D eigenvalue weighted by Crippen LogP contribution is 2.41. The standard InChI is InChI=1S/C15H17NO2S/c1-4-8-12(17)16-13(11-9-6-5-7-10-11)15(2,3)18-14(16)19/h4-10,13H,1-3H3/b8-4+/t13-/m1/s1. The Bertz CT molecular complexity index is 522. The van der Waals surface area contributed by atoms with Crippen molar-refractivity contribution in [2.24, 2.45) is 0 Å². The predicted molar refractivity (Wildman–Crippen MR) is 78.6 cm³/mol. The van der Waals surface area contributed by atoms with Gasteiger partial charge in [0, 0.05) is 0 Å². The van der Waals surface area contributed by atoms with Crippen LogP contribution >= 0.6 is 12.2 Å². The predicted octanol–water partition coefficient (Wildman–Crippen LogP) is 3.23. The molecule has 0 N–H and O–H groups in total. The number of ether oxygens (including phenoxy) is 1. The summed E-state index contributed by atoms with van der Waals surface area (Å²) in [5, 5.41) is 0.238. The van der Waals surface area contributed by atoms with Crippen LogP contribution in [0.15, 0.2) is 42.5 Å². The van der Waals surface area contributed by atoms with Gasteiger partial charge < -0.3 is 4.74 Å². The Morgan fingerprint density at radius 2 is 2.00 bits per heavy atom. The first-order valence-corrected chi connectivity index (χ1v) is 6.62. The third-order valence-corrected chi connectivity index (χ3v) is 3.41. The van der Waals surface area contributed by atoms with Gasteiger partial charge in [0.2, 0.25) is 0 Å². The van der Waals surface area contributed by atoms with Crippen molar-refractivity contribution in [3.8, 4) is 0 Å². The first kappa shape index (κ1) is 13.7. The van der Waals surface area contributed by atoms with Crippen molar-refractivity contribution in [2.45, 2.75) is 32.4 Å². The lowest BCUT2D eigenvalue weighted by atomic mass is 9.91. The molecule has 1 atom stereocenters. The highest BCUT2D eigenvalue weighted by molar-refractivity contribution is 7.80. The number of carbonyl (C=O) groups is 1. The normalized spacial score (nSPS) is 21.7. The van der Waals surface area contributed by atoms with E-state index in [0.717, 1.165) is 5.56 Å². The molecule has 3 nitrogen and oxygen atoms in total. The maximum absolute atomic E-state index is 12.2. The van der Waals surface area contributed by atoms with Crippen molar-refractivity contribution in [1.82, 2.24) is 4.90 Å². The summed E-state index contributed by atoms with van der Waals surface area (Å²) < 4.78 is 5.70. The van der Waals surface area contributed by atoms with Gasteiger partial charge >= 0.3 is 0 Å². The van der Waals surface area contributed by atoms with Crippen LogP contribution in [0.3, 0.4) is 0 Å². The quantitative estimate of drug-likeness (QED) is 0.613. The lowest BCUT2D eigenvalue weighted by molar-refractivity contribution is -0.124. The molecule has 1 aromatic rings. The van der Waals surface area contributed by atoms with Crippen LogP contribution in [-0.2, 0) is 9.53 Å². The van der Waals surface area contributed by atoms with Gasteiger partial charge in [0.05, 0.1) is 0 Å². The van der Waals surface area contributed by atoms with Crippen molar-refractivity contribution in [3.05, 3.63) is 48.0 Å². The van der Waals surface area contributed by atoms with E-state index in [2.05, 4.69) is 0 Å². The summed E-state index contributed by atoms with van der Waals surface area (Å²) in [5.41, 5.74) is 0.487. The summed E-state index contributed by atoms with van der Waals surface area (Å²) in [6, 6.07) is 9.61. The number of rotatable bonds is 2. The molecule has 100 valence electrons. The fraction of sp³-hybridized carbons (Fsp3) is 0.333. The van der Waals surface area contributed by atoms with Crippen LogP contribution in [0.2, 0.25) is 0 Å². The molecule has 0 aliphatic carbocycles. The third kappa shape index (κ3) is 2.54. The third-order valence-electron chi connectivity index (χ3n) is 3.13. The van der Waals surface area contributed by atoms with Crippen LogP contribution in [0.4, 0.5) is 0 Å². The van der Waals surface area contributed by atoms with Gasteiger partial charge in [-0.05, 0) is 44.6 Å². The van der Waals surface area contributed by atoms with Gasteiger partial charge in [-0.1, -0.05) is 36.4 Å². The molecular weight excluding hydrogens is 258 g/mol. The summed E-state index contributed by atoms with van der Waals surface area (Å²) in [6.45, 7) is 5.69. The lowest BCUT2D eigenvalue weighted by Crippen LogP contribution is -2.37. The number of amides is 1. The highest BCUT2D eigenvalue weighted by atomic mass is 32.1. The minimum absolute atomic E-state index is 0.146. The number of hydrogen-bond donors (Lipinski definition) is 0. The van der Waals surface area contributed by atoms with Gasteiger partial charge in [0.15, 0.2) is 0 Å². The van der Waals surface area contributed by atoms with E-state index in [-0.39, 0.29) is 17.1 Å². The number of nitrogens with zero attached hydrogens (tertiary/aromatic N) is 1. The monoisotopic (exact) mass is 275 g/mol. The van der Waals surface area contributed by atoms with E-state index in [1.807, 2.05) is 44.2 Å². The van der Waals surface area contributed by atoms with Crippen molar-refractivity contribution >= 4 is 23.3 Å². The molecule has 1 heterocycles. The summed E-state index contributed by atoms with van der Waals surface area (Å²) in [4.78, 5) is 13.7. The second-order valence-corrected chi connectivity index (χ2v) is 5.34. The maximum Gasteiger partial charge on any atom is 0.267 e. The Kier molecular flexibility index (Phi) is 3.71. The molecule has 0 bridgehead atoms. The minimum Gasteiger partial charge on any atom is -0.462 e. The molecule has 0 unspecified atom stereocenters. The van der Waals surface area contributed by atoms with Gasteiger partial charge in [-0.25, -0.2) is 0 Å². The van der Waals surface area contributed by atoms with E-state index in [1.54, 1.807) is 17.9 Å². The van der Waals surface area contributed by atoms with E-state index in [4.69, 9.17) is 17.0 Å². The molecule has 2 rings (SSSR count). The number of carbonyl (C=O) groups excluding carboxylic acids is 1. The summed E-state index contributed by atoms with van der Waals surface area (Å²) in [7, 11) is 0. The van der Waals surface area contributed by atoms with Crippen LogP contribution in [-0.4, -0.2) is 21.6 Å². The average molecular weight is 275 g/mol. The van der Waals surface area contributed by atoms with Crippen LogP contribution < -0.4 is 0 Å². The zero-order valence-corrected chi connectivity index (χ0v) is 12.1. The fourth-order valence-corrected chi connectivity index (χ4v) is 2.78. The number of thiocarbonyl (C=S) groups is 1.